The summed E-state index contributed by atoms with van der Waals surface area (Å²) in [6, 6.07) is 10.6. The third-order valence-corrected chi connectivity index (χ3v) is 6.27. The van der Waals surface area contributed by atoms with Gasteiger partial charge in [-0.15, -0.1) is 0 Å². The van der Waals surface area contributed by atoms with Gasteiger partial charge in [-0.25, -0.2) is 4.68 Å². The Morgan fingerprint density at radius 2 is 1.81 bits per heavy atom. The molecule has 27 heavy (non-hydrogen) atoms. The van der Waals surface area contributed by atoms with Crippen molar-refractivity contribution in [2.45, 2.75) is 58.4 Å². The van der Waals surface area contributed by atoms with Crippen LogP contribution in [0.15, 0.2) is 36.4 Å². The van der Waals surface area contributed by atoms with Gasteiger partial charge in [0, 0.05) is 29.9 Å². The zero-order chi connectivity index (χ0) is 18.8. The predicted octanol–water partition coefficient (Wildman–Crippen LogP) is 4.68. The van der Waals surface area contributed by atoms with Crippen LogP contribution < -0.4 is 0 Å². The van der Waals surface area contributed by atoms with Gasteiger partial charge in [0.25, 0.3) is 0 Å². The van der Waals surface area contributed by atoms with Gasteiger partial charge in [0.1, 0.15) is 0 Å². The van der Waals surface area contributed by atoms with Crippen molar-refractivity contribution in [2.75, 3.05) is 6.54 Å². The highest BCUT2D eigenvalue weighted by Crippen LogP contribution is 2.35. The number of carbonyl (C=O) groups excluding carboxylic acids is 1. The molecule has 1 aliphatic carbocycles. The molecule has 0 spiro atoms. The van der Waals surface area contributed by atoms with Gasteiger partial charge >= 0.3 is 0 Å². The lowest BCUT2D eigenvalue weighted by Gasteiger charge is -2.43. The van der Waals surface area contributed by atoms with Gasteiger partial charge < -0.3 is 4.90 Å². The van der Waals surface area contributed by atoms with Crippen molar-refractivity contribution in [3.05, 3.63) is 53.4 Å². The minimum atomic E-state index is 0.165. The standard InChI is InChI=1S/C23H29N3O/c1-17-21(18(2)26(24-17)20-11-4-3-5-12-20)14-15-23(27)25-16-8-10-19-9-6-7-13-22(19)25/h3-5,11-12,14-15,19,22H,6-10,13,16H2,1-2H3. The Morgan fingerprint density at radius 3 is 2.63 bits per heavy atom. The number of para-hydroxylation sites is 1. The van der Waals surface area contributed by atoms with Crippen LogP contribution in [-0.2, 0) is 4.79 Å². The predicted molar refractivity (Wildman–Crippen MR) is 109 cm³/mol. The first kappa shape index (κ1) is 18.0. The maximum atomic E-state index is 12.9. The summed E-state index contributed by atoms with van der Waals surface area (Å²) in [5.41, 5.74) is 4.11. The number of piperidine rings is 1. The second kappa shape index (κ2) is 7.71. The number of carbonyl (C=O) groups is 1. The molecule has 2 aliphatic rings. The summed E-state index contributed by atoms with van der Waals surface area (Å²) < 4.78 is 1.96. The van der Waals surface area contributed by atoms with E-state index < -0.39 is 0 Å². The van der Waals surface area contributed by atoms with Crippen molar-refractivity contribution in [3.63, 3.8) is 0 Å². The van der Waals surface area contributed by atoms with Crippen LogP contribution in [-0.4, -0.2) is 33.2 Å². The minimum absolute atomic E-state index is 0.165. The first-order valence-corrected chi connectivity index (χ1v) is 10.3. The lowest BCUT2D eigenvalue weighted by atomic mass is 9.78. The summed E-state index contributed by atoms with van der Waals surface area (Å²) in [4.78, 5) is 15.1. The fourth-order valence-corrected chi connectivity index (χ4v) is 4.87. The topological polar surface area (TPSA) is 38.1 Å². The van der Waals surface area contributed by atoms with E-state index in [0.717, 1.165) is 35.6 Å². The Balaban J connectivity index is 1.54. The molecule has 1 saturated heterocycles. The maximum absolute atomic E-state index is 12.9. The molecule has 2 aromatic rings. The molecular weight excluding hydrogens is 334 g/mol. The van der Waals surface area contributed by atoms with E-state index in [1.165, 1.54) is 32.1 Å². The van der Waals surface area contributed by atoms with Crippen LogP contribution in [0.2, 0.25) is 0 Å². The van der Waals surface area contributed by atoms with Crippen molar-refractivity contribution in [1.82, 2.24) is 14.7 Å². The number of hydrogen-bond acceptors (Lipinski definition) is 2. The lowest BCUT2D eigenvalue weighted by Crippen LogP contribution is -2.49. The fraction of sp³-hybridized carbons (Fsp3) is 0.478. The molecule has 2 atom stereocenters. The number of likely N-dealkylation sites (tertiary alicyclic amines) is 1. The van der Waals surface area contributed by atoms with Crippen LogP contribution in [0.25, 0.3) is 11.8 Å². The summed E-state index contributed by atoms with van der Waals surface area (Å²) in [5.74, 6) is 0.881. The zero-order valence-corrected chi connectivity index (χ0v) is 16.4. The highest BCUT2D eigenvalue weighted by Gasteiger charge is 2.34. The Labute approximate surface area is 161 Å². The molecule has 4 nitrogen and oxygen atoms in total. The molecule has 1 saturated carbocycles. The quantitative estimate of drug-likeness (QED) is 0.743. The first-order chi connectivity index (χ1) is 13.1. The molecule has 4 rings (SSSR count). The molecule has 1 aromatic heterocycles. The third-order valence-electron chi connectivity index (χ3n) is 6.27. The van der Waals surface area contributed by atoms with Crippen LogP contribution in [0.5, 0.6) is 0 Å². The Bertz CT molecular complexity index is 835. The summed E-state index contributed by atoms with van der Waals surface area (Å²) in [5, 5.41) is 4.68. The fourth-order valence-electron chi connectivity index (χ4n) is 4.87. The van der Waals surface area contributed by atoms with Gasteiger partial charge in [0.05, 0.1) is 11.4 Å². The van der Waals surface area contributed by atoms with Crippen LogP contribution in [0.3, 0.4) is 0 Å². The van der Waals surface area contributed by atoms with Crippen molar-refractivity contribution in [2.24, 2.45) is 5.92 Å². The number of amides is 1. The number of aromatic nitrogens is 2. The van der Waals surface area contributed by atoms with Crippen molar-refractivity contribution >= 4 is 12.0 Å². The maximum Gasteiger partial charge on any atom is 0.246 e. The third kappa shape index (κ3) is 3.58. The van der Waals surface area contributed by atoms with Crippen LogP contribution >= 0.6 is 0 Å². The second-order valence-corrected chi connectivity index (χ2v) is 7.95. The molecule has 1 aliphatic heterocycles. The van der Waals surface area contributed by atoms with E-state index in [0.29, 0.717) is 12.0 Å². The highest BCUT2D eigenvalue weighted by atomic mass is 16.2. The zero-order valence-electron chi connectivity index (χ0n) is 16.4. The highest BCUT2D eigenvalue weighted by molar-refractivity contribution is 5.92. The van der Waals surface area contributed by atoms with Gasteiger partial charge in [0.15, 0.2) is 0 Å². The monoisotopic (exact) mass is 363 g/mol. The van der Waals surface area contributed by atoms with Gasteiger partial charge in [-0.2, -0.15) is 5.10 Å². The Kier molecular flexibility index (Phi) is 5.15. The molecule has 0 N–H and O–H groups in total. The van der Waals surface area contributed by atoms with Gasteiger partial charge in [-0.1, -0.05) is 31.0 Å². The summed E-state index contributed by atoms with van der Waals surface area (Å²) >= 11 is 0. The molecule has 4 heteroatoms. The number of rotatable bonds is 3. The second-order valence-electron chi connectivity index (χ2n) is 7.95. The molecule has 1 amide bonds. The van der Waals surface area contributed by atoms with Crippen molar-refractivity contribution < 1.29 is 4.79 Å². The molecule has 2 fully saturated rings. The van der Waals surface area contributed by atoms with E-state index in [1.54, 1.807) is 6.08 Å². The average molecular weight is 364 g/mol. The van der Waals surface area contributed by atoms with Crippen LogP contribution in [0, 0.1) is 19.8 Å². The Hall–Kier alpha value is -2.36. The molecule has 0 bridgehead atoms. The minimum Gasteiger partial charge on any atom is -0.336 e. The van der Waals surface area contributed by atoms with E-state index in [-0.39, 0.29) is 5.91 Å². The largest absolute Gasteiger partial charge is 0.336 e. The summed E-state index contributed by atoms with van der Waals surface area (Å²) in [6.45, 7) is 4.98. The van der Waals surface area contributed by atoms with Crippen molar-refractivity contribution in [3.8, 4) is 5.69 Å². The normalized spacial score (nSPS) is 22.8. The van der Waals surface area contributed by atoms with Crippen molar-refractivity contribution in [1.29, 1.82) is 0 Å². The van der Waals surface area contributed by atoms with E-state index >= 15 is 0 Å². The molecular formula is C23H29N3O. The lowest BCUT2D eigenvalue weighted by molar-refractivity contribution is -0.132. The SMILES string of the molecule is Cc1nn(-c2ccccc2)c(C)c1C=CC(=O)N1CCCC2CCCCC21. The van der Waals surface area contributed by atoms with E-state index in [1.807, 2.05) is 35.9 Å². The van der Waals surface area contributed by atoms with E-state index in [4.69, 9.17) is 0 Å². The van der Waals surface area contributed by atoms with Gasteiger partial charge in [-0.3, -0.25) is 4.79 Å². The Morgan fingerprint density at radius 1 is 1.07 bits per heavy atom. The summed E-state index contributed by atoms with van der Waals surface area (Å²) in [7, 11) is 0. The molecule has 2 unspecified atom stereocenters. The molecule has 2 heterocycles. The van der Waals surface area contributed by atoms with Gasteiger partial charge in [-0.05, 0) is 63.7 Å². The summed E-state index contributed by atoms with van der Waals surface area (Å²) in [6.07, 6.45) is 11.2. The smallest absolute Gasteiger partial charge is 0.246 e. The number of benzene rings is 1. The van der Waals surface area contributed by atoms with E-state index in [9.17, 15) is 4.79 Å². The molecule has 142 valence electrons. The number of hydrogen-bond donors (Lipinski definition) is 0. The average Bonchev–Trinajstić information content (AvgIpc) is 3.00. The van der Waals surface area contributed by atoms with Crippen LogP contribution in [0.1, 0.15) is 55.5 Å². The van der Waals surface area contributed by atoms with Gasteiger partial charge in [0.2, 0.25) is 5.91 Å². The molecule has 0 radical (unpaired) electrons. The first-order valence-electron chi connectivity index (χ1n) is 10.3. The van der Waals surface area contributed by atoms with E-state index in [2.05, 4.69) is 29.1 Å². The molecule has 1 aromatic carbocycles. The number of aryl methyl sites for hydroxylation is 1. The number of fused-ring (bicyclic) bond motifs is 1. The number of nitrogens with zero attached hydrogens (tertiary/aromatic N) is 3. The van der Waals surface area contributed by atoms with Crippen LogP contribution in [0.4, 0.5) is 0 Å².